The molecule has 0 aliphatic heterocycles. The molecule has 1 aromatic carbocycles. The van der Waals surface area contributed by atoms with Crippen LogP contribution >= 0.6 is 15.9 Å². The van der Waals surface area contributed by atoms with Crippen molar-refractivity contribution in [2.24, 2.45) is 0 Å². The Labute approximate surface area is 98.4 Å². The molecule has 2 rings (SSSR count). The molecule has 0 saturated carbocycles. The van der Waals surface area contributed by atoms with Gasteiger partial charge in [0.2, 0.25) is 0 Å². The number of aromatic carboxylic acids is 1. The molecule has 0 fully saturated rings. The number of hydrogen-bond donors (Lipinski definition) is 2. The van der Waals surface area contributed by atoms with E-state index in [1.807, 2.05) is 0 Å². The summed E-state index contributed by atoms with van der Waals surface area (Å²) in [4.78, 5) is 21.9. The van der Waals surface area contributed by atoms with E-state index in [0.717, 1.165) is 4.47 Å². The molecule has 0 aliphatic carbocycles. The highest BCUT2D eigenvalue weighted by Gasteiger charge is 2.11. The Morgan fingerprint density at radius 1 is 1.31 bits per heavy atom. The quantitative estimate of drug-likeness (QED) is 0.879. The topological polar surface area (TPSA) is 75.1 Å². The monoisotopic (exact) mass is 282 g/mol. The number of carboxylic acid groups (broad SMARTS) is 1. The van der Waals surface area contributed by atoms with Crippen molar-refractivity contribution >= 4 is 21.9 Å². The van der Waals surface area contributed by atoms with Gasteiger partial charge in [-0.25, -0.2) is 4.79 Å². The van der Waals surface area contributed by atoms with E-state index in [4.69, 9.17) is 5.11 Å². The van der Waals surface area contributed by atoms with Crippen LogP contribution in [0, 0.1) is 0 Å². The van der Waals surface area contributed by atoms with E-state index in [-0.39, 0.29) is 5.56 Å². The number of halogens is 1. The molecule has 0 unspecified atom stereocenters. The Hall–Kier alpha value is -1.82. The maximum atomic E-state index is 11.3. The minimum absolute atomic E-state index is 0.275. The van der Waals surface area contributed by atoms with Gasteiger partial charge in [0.1, 0.15) is 5.56 Å². The summed E-state index contributed by atoms with van der Waals surface area (Å²) >= 11 is 3.29. The summed E-state index contributed by atoms with van der Waals surface area (Å²) in [7, 11) is 0. The largest absolute Gasteiger partial charge is 0.477 e. The molecule has 0 saturated heterocycles. The maximum Gasteiger partial charge on any atom is 0.342 e. The number of benzene rings is 1. The van der Waals surface area contributed by atoms with Crippen LogP contribution in [0.15, 0.2) is 39.7 Å². The van der Waals surface area contributed by atoms with Gasteiger partial charge in [-0.15, -0.1) is 0 Å². The highest BCUT2D eigenvalue weighted by atomic mass is 79.9. The predicted molar refractivity (Wildman–Crippen MR) is 61.0 cm³/mol. The van der Waals surface area contributed by atoms with E-state index in [9.17, 15) is 9.59 Å². The number of aromatic nitrogens is 2. The average Bonchev–Trinajstić information content (AvgIpc) is 2.61. The fraction of sp³-hybridized carbons (Fsp3) is 0. The number of carbonyl (C=O) groups is 1. The predicted octanol–water partition coefficient (Wildman–Crippen LogP) is 1.63. The molecule has 16 heavy (non-hydrogen) atoms. The fourth-order valence-corrected chi connectivity index (χ4v) is 1.55. The summed E-state index contributed by atoms with van der Waals surface area (Å²) in [6.45, 7) is 0. The third-order valence-electron chi connectivity index (χ3n) is 2.06. The molecule has 2 N–H and O–H groups in total. The molecule has 1 heterocycles. The number of nitrogens with one attached hydrogen (secondary N) is 1. The second kappa shape index (κ2) is 3.97. The molecule has 6 heteroatoms. The van der Waals surface area contributed by atoms with Crippen molar-refractivity contribution in [1.29, 1.82) is 0 Å². The summed E-state index contributed by atoms with van der Waals surface area (Å²) in [6.07, 6.45) is 1.26. The third kappa shape index (κ3) is 1.92. The van der Waals surface area contributed by atoms with Crippen LogP contribution in [0.5, 0.6) is 0 Å². The number of carboxylic acids is 1. The summed E-state index contributed by atoms with van der Waals surface area (Å²) in [5.41, 5.74) is -0.203. The number of aromatic amines is 1. The molecule has 2 aromatic rings. The molecule has 5 nitrogen and oxygen atoms in total. The highest BCUT2D eigenvalue weighted by molar-refractivity contribution is 9.10. The standard InChI is InChI=1S/C10H7BrN2O3/c11-6-1-3-7(4-2-6)13-5-8(10(15)16)9(14)12-13/h1-5H,(H,12,14)(H,15,16). The smallest absolute Gasteiger partial charge is 0.342 e. The van der Waals surface area contributed by atoms with Crippen molar-refractivity contribution in [3.63, 3.8) is 0 Å². The van der Waals surface area contributed by atoms with Gasteiger partial charge in [0, 0.05) is 10.7 Å². The van der Waals surface area contributed by atoms with Crippen molar-refractivity contribution in [2.75, 3.05) is 0 Å². The van der Waals surface area contributed by atoms with Gasteiger partial charge >= 0.3 is 5.97 Å². The van der Waals surface area contributed by atoms with Gasteiger partial charge in [-0.3, -0.25) is 14.6 Å². The molecule has 0 amide bonds. The second-order valence-corrected chi connectivity index (χ2v) is 4.05. The Balaban J connectivity index is 2.49. The lowest BCUT2D eigenvalue weighted by atomic mass is 10.3. The van der Waals surface area contributed by atoms with Gasteiger partial charge < -0.3 is 5.11 Å². The van der Waals surface area contributed by atoms with E-state index >= 15 is 0 Å². The van der Waals surface area contributed by atoms with Crippen LogP contribution in [0.1, 0.15) is 10.4 Å². The van der Waals surface area contributed by atoms with E-state index in [2.05, 4.69) is 21.0 Å². The zero-order valence-corrected chi connectivity index (χ0v) is 9.56. The number of H-pyrrole nitrogens is 1. The van der Waals surface area contributed by atoms with E-state index < -0.39 is 11.5 Å². The van der Waals surface area contributed by atoms with Crippen molar-refractivity contribution < 1.29 is 9.90 Å². The second-order valence-electron chi connectivity index (χ2n) is 3.14. The zero-order valence-electron chi connectivity index (χ0n) is 7.98. The molecular weight excluding hydrogens is 276 g/mol. The Morgan fingerprint density at radius 2 is 1.94 bits per heavy atom. The van der Waals surface area contributed by atoms with Gasteiger partial charge in [0.15, 0.2) is 0 Å². The van der Waals surface area contributed by atoms with Crippen LogP contribution in [0.2, 0.25) is 0 Å². The van der Waals surface area contributed by atoms with Crippen LogP contribution in [0.25, 0.3) is 5.69 Å². The van der Waals surface area contributed by atoms with Gasteiger partial charge in [-0.2, -0.15) is 0 Å². The third-order valence-corrected chi connectivity index (χ3v) is 2.59. The molecule has 82 valence electrons. The number of nitrogens with zero attached hydrogens (tertiary/aromatic N) is 1. The summed E-state index contributed by atoms with van der Waals surface area (Å²) in [6, 6.07) is 7.11. The molecule has 0 spiro atoms. The first-order valence-electron chi connectivity index (χ1n) is 4.39. The number of hydrogen-bond acceptors (Lipinski definition) is 2. The highest BCUT2D eigenvalue weighted by Crippen LogP contribution is 2.13. The number of rotatable bonds is 2. The lowest BCUT2D eigenvalue weighted by Crippen LogP contribution is -2.11. The Kier molecular flexibility index (Phi) is 2.66. The van der Waals surface area contributed by atoms with Crippen LogP contribution in [-0.2, 0) is 0 Å². The fourth-order valence-electron chi connectivity index (χ4n) is 1.28. The molecule has 1 aromatic heterocycles. The van der Waals surface area contributed by atoms with Gasteiger partial charge in [-0.05, 0) is 24.3 Å². The minimum Gasteiger partial charge on any atom is -0.477 e. The van der Waals surface area contributed by atoms with Crippen LogP contribution in [0.3, 0.4) is 0 Å². The van der Waals surface area contributed by atoms with E-state index in [0.29, 0.717) is 5.69 Å². The van der Waals surface area contributed by atoms with Crippen molar-refractivity contribution in [1.82, 2.24) is 9.78 Å². The van der Waals surface area contributed by atoms with Crippen LogP contribution in [0.4, 0.5) is 0 Å². The van der Waals surface area contributed by atoms with Gasteiger partial charge in [0.25, 0.3) is 5.56 Å². The molecule has 0 aliphatic rings. The van der Waals surface area contributed by atoms with E-state index in [1.165, 1.54) is 10.9 Å². The zero-order chi connectivity index (χ0) is 11.7. The molecule has 0 radical (unpaired) electrons. The first kappa shape index (κ1) is 10.7. The van der Waals surface area contributed by atoms with Crippen LogP contribution in [-0.4, -0.2) is 20.9 Å². The van der Waals surface area contributed by atoms with Crippen molar-refractivity contribution in [3.05, 3.63) is 50.9 Å². The minimum atomic E-state index is -1.24. The normalized spacial score (nSPS) is 10.3. The van der Waals surface area contributed by atoms with Gasteiger partial charge in [0.05, 0.1) is 5.69 Å². The lowest BCUT2D eigenvalue weighted by molar-refractivity contribution is 0.0695. The Morgan fingerprint density at radius 3 is 2.44 bits per heavy atom. The first-order valence-corrected chi connectivity index (χ1v) is 5.18. The van der Waals surface area contributed by atoms with Crippen molar-refractivity contribution in [3.8, 4) is 5.69 Å². The summed E-state index contributed by atoms with van der Waals surface area (Å²) < 4.78 is 2.28. The SMILES string of the molecule is O=C(O)c1cn(-c2ccc(Br)cc2)[nH]c1=O. The summed E-state index contributed by atoms with van der Waals surface area (Å²) in [5.74, 6) is -1.24. The first-order chi connectivity index (χ1) is 7.58. The molecule has 0 atom stereocenters. The molecular formula is C10H7BrN2O3. The van der Waals surface area contributed by atoms with Crippen molar-refractivity contribution in [2.45, 2.75) is 0 Å². The lowest BCUT2D eigenvalue weighted by Gasteiger charge is -2.00. The Bertz CT molecular complexity index is 583. The van der Waals surface area contributed by atoms with Crippen LogP contribution < -0.4 is 5.56 Å². The van der Waals surface area contributed by atoms with E-state index in [1.54, 1.807) is 24.3 Å². The van der Waals surface area contributed by atoms with Gasteiger partial charge in [-0.1, -0.05) is 15.9 Å². The molecule has 0 bridgehead atoms. The average molecular weight is 283 g/mol. The summed E-state index contributed by atoms with van der Waals surface area (Å²) in [5, 5.41) is 11.2. The maximum absolute atomic E-state index is 11.3.